The van der Waals surface area contributed by atoms with Gasteiger partial charge in [-0.05, 0) is 31.5 Å². The lowest BCUT2D eigenvalue weighted by atomic mass is 9.90. The Morgan fingerprint density at radius 1 is 1.48 bits per heavy atom. The number of hydrogen-bond donors (Lipinski definition) is 1. The summed E-state index contributed by atoms with van der Waals surface area (Å²) in [4.78, 5) is 25.2. The number of nitrogens with zero attached hydrogens (tertiary/aromatic N) is 1. The van der Waals surface area contributed by atoms with E-state index in [4.69, 9.17) is 4.74 Å². The minimum absolute atomic E-state index is 0.0728. The molecule has 6 heteroatoms. The molecule has 0 bridgehead atoms. The molecule has 1 saturated heterocycles. The largest absolute Gasteiger partial charge is 0.496 e. The molecule has 1 aliphatic heterocycles. The molecule has 1 aromatic rings. The number of hydrogen-bond acceptors (Lipinski definition) is 3. The van der Waals surface area contributed by atoms with Crippen LogP contribution in [0.25, 0.3) is 0 Å². The summed E-state index contributed by atoms with van der Waals surface area (Å²) >= 11 is 3.38. The zero-order chi connectivity index (χ0) is 15.6. The summed E-state index contributed by atoms with van der Waals surface area (Å²) in [6.07, 6.45) is 0.696. The molecule has 21 heavy (non-hydrogen) atoms. The van der Waals surface area contributed by atoms with Crippen molar-refractivity contribution in [1.29, 1.82) is 0 Å². The molecule has 1 N–H and O–H groups in total. The number of carbonyl (C=O) groups is 2. The summed E-state index contributed by atoms with van der Waals surface area (Å²) < 4.78 is 6.14. The average molecular weight is 356 g/mol. The third-order valence-electron chi connectivity index (χ3n) is 3.93. The molecule has 1 amide bonds. The van der Waals surface area contributed by atoms with Crippen molar-refractivity contribution in [1.82, 2.24) is 4.90 Å². The monoisotopic (exact) mass is 355 g/mol. The van der Waals surface area contributed by atoms with Crippen LogP contribution in [-0.2, 0) is 16.0 Å². The van der Waals surface area contributed by atoms with Gasteiger partial charge in [0.1, 0.15) is 5.75 Å². The van der Waals surface area contributed by atoms with Crippen LogP contribution in [0.2, 0.25) is 0 Å². The van der Waals surface area contributed by atoms with Gasteiger partial charge in [0, 0.05) is 23.1 Å². The van der Waals surface area contributed by atoms with Gasteiger partial charge >= 0.3 is 5.97 Å². The molecule has 1 aliphatic rings. The molecule has 0 unspecified atom stereocenters. The van der Waals surface area contributed by atoms with Crippen molar-refractivity contribution >= 4 is 27.8 Å². The smallest absolute Gasteiger partial charge is 0.311 e. The first-order valence-corrected chi connectivity index (χ1v) is 7.48. The second-order valence-electron chi connectivity index (χ2n) is 5.56. The van der Waals surface area contributed by atoms with E-state index in [1.807, 2.05) is 12.1 Å². The van der Waals surface area contributed by atoms with E-state index >= 15 is 0 Å². The van der Waals surface area contributed by atoms with Gasteiger partial charge in [-0.25, -0.2) is 0 Å². The highest BCUT2D eigenvalue weighted by Crippen LogP contribution is 2.31. The van der Waals surface area contributed by atoms with Gasteiger partial charge in [-0.2, -0.15) is 0 Å². The Morgan fingerprint density at radius 2 is 2.19 bits per heavy atom. The minimum atomic E-state index is -0.849. The van der Waals surface area contributed by atoms with E-state index in [0.29, 0.717) is 18.7 Å². The van der Waals surface area contributed by atoms with Crippen LogP contribution in [0.15, 0.2) is 22.7 Å². The van der Waals surface area contributed by atoms with Crippen LogP contribution in [0.5, 0.6) is 5.75 Å². The van der Waals surface area contributed by atoms with Gasteiger partial charge in [-0.3, -0.25) is 9.59 Å². The third-order valence-corrected chi connectivity index (χ3v) is 4.42. The fourth-order valence-corrected chi connectivity index (χ4v) is 2.92. The number of carboxylic acid groups (broad SMARTS) is 1. The third kappa shape index (κ3) is 3.37. The van der Waals surface area contributed by atoms with Gasteiger partial charge in [0.25, 0.3) is 0 Å². The van der Waals surface area contributed by atoms with Gasteiger partial charge in [0.15, 0.2) is 0 Å². The van der Waals surface area contributed by atoms with Crippen molar-refractivity contribution < 1.29 is 19.4 Å². The molecule has 2 rings (SSSR count). The van der Waals surface area contributed by atoms with E-state index in [9.17, 15) is 14.7 Å². The maximum absolute atomic E-state index is 12.4. The van der Waals surface area contributed by atoms with E-state index in [-0.39, 0.29) is 18.9 Å². The van der Waals surface area contributed by atoms with Crippen LogP contribution in [0.4, 0.5) is 0 Å². The number of likely N-dealkylation sites (tertiary alicyclic amines) is 1. The van der Waals surface area contributed by atoms with Crippen LogP contribution in [-0.4, -0.2) is 42.1 Å². The summed E-state index contributed by atoms with van der Waals surface area (Å²) in [5, 5.41) is 9.22. The molecule has 0 radical (unpaired) electrons. The summed E-state index contributed by atoms with van der Waals surface area (Å²) in [6, 6.07) is 5.51. The van der Waals surface area contributed by atoms with Crippen LogP contribution >= 0.6 is 15.9 Å². The zero-order valence-corrected chi connectivity index (χ0v) is 13.6. The molecule has 0 saturated carbocycles. The highest BCUT2D eigenvalue weighted by atomic mass is 79.9. The number of rotatable bonds is 4. The molecule has 1 aromatic carbocycles. The van der Waals surface area contributed by atoms with Gasteiger partial charge in [0.2, 0.25) is 5.91 Å². The Kier molecular flexibility index (Phi) is 4.56. The molecule has 5 nitrogen and oxygen atoms in total. The van der Waals surface area contributed by atoms with E-state index in [0.717, 1.165) is 10.0 Å². The molecule has 1 fully saturated rings. The number of carboxylic acids is 1. The van der Waals surface area contributed by atoms with Crippen LogP contribution in [0, 0.1) is 5.41 Å². The number of ether oxygens (including phenoxy) is 1. The van der Waals surface area contributed by atoms with Crippen molar-refractivity contribution in [2.45, 2.75) is 19.8 Å². The number of methoxy groups -OCH3 is 1. The number of aliphatic carboxylic acids is 1. The summed E-state index contributed by atoms with van der Waals surface area (Å²) in [6.45, 7) is 2.43. The maximum Gasteiger partial charge on any atom is 0.311 e. The van der Waals surface area contributed by atoms with E-state index in [2.05, 4.69) is 15.9 Å². The zero-order valence-electron chi connectivity index (χ0n) is 12.1. The first-order valence-electron chi connectivity index (χ1n) is 6.69. The lowest BCUT2D eigenvalue weighted by molar-refractivity contribution is -0.147. The number of amides is 1. The minimum Gasteiger partial charge on any atom is -0.496 e. The summed E-state index contributed by atoms with van der Waals surface area (Å²) in [5.41, 5.74) is -0.0439. The van der Waals surface area contributed by atoms with Crippen molar-refractivity contribution in [3.63, 3.8) is 0 Å². The van der Waals surface area contributed by atoms with Crippen molar-refractivity contribution in [2.75, 3.05) is 20.2 Å². The number of halogens is 1. The SMILES string of the molecule is COc1ccc(Br)cc1CC(=O)N1CC[C@](C)(C(=O)O)C1. The van der Waals surface area contributed by atoms with Crippen molar-refractivity contribution in [3.8, 4) is 5.75 Å². The second kappa shape index (κ2) is 6.05. The molecular formula is C15H18BrNO4. The summed E-state index contributed by atoms with van der Waals surface area (Å²) in [5.74, 6) is -0.263. The second-order valence-corrected chi connectivity index (χ2v) is 6.48. The first-order chi connectivity index (χ1) is 9.85. The average Bonchev–Trinajstić information content (AvgIpc) is 2.83. The van der Waals surface area contributed by atoms with Gasteiger partial charge in [-0.1, -0.05) is 15.9 Å². The number of benzene rings is 1. The van der Waals surface area contributed by atoms with Gasteiger partial charge < -0.3 is 14.7 Å². The standard InChI is InChI=1S/C15H18BrNO4/c1-15(14(19)20)5-6-17(9-15)13(18)8-10-7-11(16)3-4-12(10)21-2/h3-4,7H,5-6,8-9H2,1-2H3,(H,19,20)/t15-/m0/s1. The molecule has 0 aromatic heterocycles. The first kappa shape index (κ1) is 15.8. The molecule has 1 heterocycles. The molecule has 0 spiro atoms. The Balaban J connectivity index is 2.10. The molecule has 1 atom stereocenters. The van der Waals surface area contributed by atoms with E-state index in [1.165, 1.54) is 0 Å². The van der Waals surface area contributed by atoms with Crippen LogP contribution < -0.4 is 4.74 Å². The van der Waals surface area contributed by atoms with Crippen LogP contribution in [0.1, 0.15) is 18.9 Å². The predicted octanol–water partition coefficient (Wildman–Crippen LogP) is 2.32. The predicted molar refractivity (Wildman–Crippen MR) is 81.3 cm³/mol. The lowest BCUT2D eigenvalue weighted by Gasteiger charge is -2.20. The van der Waals surface area contributed by atoms with Crippen molar-refractivity contribution in [3.05, 3.63) is 28.2 Å². The number of carbonyl (C=O) groups excluding carboxylic acids is 1. The van der Waals surface area contributed by atoms with Crippen LogP contribution in [0.3, 0.4) is 0 Å². The lowest BCUT2D eigenvalue weighted by Crippen LogP contribution is -2.35. The maximum atomic E-state index is 12.4. The van der Waals surface area contributed by atoms with Gasteiger partial charge in [0.05, 0.1) is 18.9 Å². The Labute approximate surface area is 132 Å². The molecule has 0 aliphatic carbocycles. The fourth-order valence-electron chi connectivity index (χ4n) is 2.51. The topological polar surface area (TPSA) is 66.8 Å². The summed E-state index contributed by atoms with van der Waals surface area (Å²) in [7, 11) is 1.56. The normalized spacial score (nSPS) is 21.4. The molecule has 114 valence electrons. The van der Waals surface area contributed by atoms with Gasteiger partial charge in [-0.15, -0.1) is 0 Å². The van der Waals surface area contributed by atoms with E-state index in [1.54, 1.807) is 25.0 Å². The Morgan fingerprint density at radius 3 is 2.76 bits per heavy atom. The molecular weight excluding hydrogens is 338 g/mol. The highest BCUT2D eigenvalue weighted by Gasteiger charge is 2.42. The van der Waals surface area contributed by atoms with Crippen molar-refractivity contribution in [2.24, 2.45) is 5.41 Å². The quantitative estimate of drug-likeness (QED) is 0.899. The highest BCUT2D eigenvalue weighted by molar-refractivity contribution is 9.10. The van der Waals surface area contributed by atoms with E-state index < -0.39 is 11.4 Å². The fraction of sp³-hybridized carbons (Fsp3) is 0.467. The Hall–Kier alpha value is -1.56. The Bertz CT molecular complexity index is 575.